The Morgan fingerprint density at radius 2 is 1.83 bits per heavy atom. The lowest BCUT2D eigenvalue weighted by molar-refractivity contribution is -0.127. The van der Waals surface area contributed by atoms with Gasteiger partial charge in [0, 0.05) is 18.8 Å². The first kappa shape index (κ1) is 21.8. The summed E-state index contributed by atoms with van der Waals surface area (Å²) in [6, 6.07) is 6.52. The van der Waals surface area contributed by atoms with E-state index in [-0.39, 0.29) is 11.8 Å². The molecule has 30 heavy (non-hydrogen) atoms. The van der Waals surface area contributed by atoms with Gasteiger partial charge in [-0.1, -0.05) is 38.2 Å². The van der Waals surface area contributed by atoms with Crippen LogP contribution in [0.25, 0.3) is 0 Å². The molecule has 3 fully saturated rings. The number of nitrogens with one attached hydrogen (secondary N) is 1. The molecule has 1 N–H and O–H groups in total. The molecule has 2 saturated heterocycles. The minimum absolute atomic E-state index is 0.131. The number of aromatic nitrogens is 1. The average molecular weight is 413 g/mol. The van der Waals surface area contributed by atoms with Crippen LogP contribution in [0.4, 0.5) is 0 Å². The molecule has 1 saturated carbocycles. The summed E-state index contributed by atoms with van der Waals surface area (Å²) < 4.78 is 0. The van der Waals surface area contributed by atoms with E-state index < -0.39 is 0 Å². The number of rotatable bonds is 7. The van der Waals surface area contributed by atoms with Crippen molar-refractivity contribution in [3.8, 4) is 0 Å². The Balaban J connectivity index is 1.17. The molecular weight excluding hydrogens is 372 g/mol. The monoisotopic (exact) mass is 412 g/mol. The molecule has 3 heterocycles. The van der Waals surface area contributed by atoms with E-state index >= 15 is 0 Å². The fourth-order valence-electron chi connectivity index (χ4n) is 5.73. The SMILES string of the molecule is O=C(NCc1ccccn1)[C@@H]1CCCN(C2CCN(CCC3CCCCC3)CC2)C1. The van der Waals surface area contributed by atoms with E-state index in [9.17, 15) is 4.79 Å². The summed E-state index contributed by atoms with van der Waals surface area (Å²) >= 11 is 0. The van der Waals surface area contributed by atoms with Crippen molar-refractivity contribution in [1.82, 2.24) is 20.1 Å². The Morgan fingerprint density at radius 1 is 1.00 bits per heavy atom. The normalized spacial score (nSPS) is 25.3. The van der Waals surface area contributed by atoms with E-state index in [1.165, 1.54) is 71.0 Å². The molecule has 1 atom stereocenters. The summed E-state index contributed by atoms with van der Waals surface area (Å²) in [5, 5.41) is 3.11. The first-order valence-electron chi connectivity index (χ1n) is 12.4. The highest BCUT2D eigenvalue weighted by Gasteiger charge is 2.31. The number of hydrogen-bond donors (Lipinski definition) is 1. The summed E-state index contributed by atoms with van der Waals surface area (Å²) in [5.41, 5.74) is 0.930. The quantitative estimate of drug-likeness (QED) is 0.739. The van der Waals surface area contributed by atoms with Gasteiger partial charge in [-0.3, -0.25) is 14.7 Å². The van der Waals surface area contributed by atoms with E-state index in [1.54, 1.807) is 6.20 Å². The summed E-state index contributed by atoms with van der Waals surface area (Å²) in [6.07, 6.45) is 15.2. The van der Waals surface area contributed by atoms with Crippen molar-refractivity contribution in [2.75, 3.05) is 32.7 Å². The van der Waals surface area contributed by atoms with Gasteiger partial charge in [-0.2, -0.15) is 0 Å². The van der Waals surface area contributed by atoms with E-state index in [1.807, 2.05) is 18.2 Å². The minimum atomic E-state index is 0.131. The van der Waals surface area contributed by atoms with Gasteiger partial charge < -0.3 is 10.2 Å². The van der Waals surface area contributed by atoms with Crippen molar-refractivity contribution in [2.24, 2.45) is 11.8 Å². The van der Waals surface area contributed by atoms with Gasteiger partial charge in [0.05, 0.1) is 18.2 Å². The van der Waals surface area contributed by atoms with E-state index in [0.717, 1.165) is 37.5 Å². The number of pyridine rings is 1. The third kappa shape index (κ3) is 6.27. The van der Waals surface area contributed by atoms with E-state index in [2.05, 4.69) is 20.1 Å². The zero-order valence-electron chi connectivity index (χ0n) is 18.6. The van der Waals surface area contributed by atoms with Gasteiger partial charge in [0.1, 0.15) is 0 Å². The zero-order valence-corrected chi connectivity index (χ0v) is 18.6. The zero-order chi connectivity index (χ0) is 20.6. The molecule has 2 aliphatic heterocycles. The molecule has 5 heteroatoms. The lowest BCUT2D eigenvalue weighted by Gasteiger charge is -2.42. The van der Waals surface area contributed by atoms with Crippen LogP contribution in [-0.4, -0.2) is 59.5 Å². The molecule has 3 aliphatic rings. The van der Waals surface area contributed by atoms with E-state index in [4.69, 9.17) is 0 Å². The molecule has 1 aromatic heterocycles. The van der Waals surface area contributed by atoms with Crippen LogP contribution < -0.4 is 5.32 Å². The fraction of sp³-hybridized carbons (Fsp3) is 0.760. The molecule has 0 aromatic carbocycles. The van der Waals surface area contributed by atoms with Gasteiger partial charge in [-0.25, -0.2) is 0 Å². The molecule has 0 bridgehead atoms. The van der Waals surface area contributed by atoms with E-state index in [0.29, 0.717) is 12.6 Å². The van der Waals surface area contributed by atoms with Crippen LogP contribution in [0, 0.1) is 11.8 Å². The predicted octanol–water partition coefficient (Wildman–Crippen LogP) is 3.84. The third-order valence-electron chi connectivity index (χ3n) is 7.65. The molecule has 0 unspecified atom stereocenters. The summed E-state index contributed by atoms with van der Waals surface area (Å²) in [7, 11) is 0. The second-order valence-electron chi connectivity index (χ2n) is 9.74. The van der Waals surface area contributed by atoms with Crippen LogP contribution in [0.2, 0.25) is 0 Å². The molecule has 4 rings (SSSR count). The summed E-state index contributed by atoms with van der Waals surface area (Å²) in [6.45, 7) is 6.41. The Bertz CT molecular complexity index is 638. The number of piperidine rings is 2. The standard InChI is InChI=1S/C25H40N4O/c30-25(27-19-23-10-4-5-14-26-23)22-9-6-15-29(20-22)24-12-17-28(18-13-24)16-11-21-7-2-1-3-8-21/h4-5,10,14,21-22,24H,1-3,6-9,11-13,15-20H2,(H,27,30)/t22-/m1/s1. The second-order valence-corrected chi connectivity index (χ2v) is 9.74. The van der Waals surface area contributed by atoms with Gasteiger partial charge in [0.15, 0.2) is 0 Å². The van der Waals surface area contributed by atoms with Gasteiger partial charge in [-0.05, 0) is 76.3 Å². The van der Waals surface area contributed by atoms with Crippen molar-refractivity contribution in [3.63, 3.8) is 0 Å². The molecule has 1 amide bonds. The minimum Gasteiger partial charge on any atom is -0.350 e. The number of carbonyl (C=O) groups excluding carboxylic acids is 1. The highest BCUT2D eigenvalue weighted by molar-refractivity contribution is 5.78. The molecule has 166 valence electrons. The van der Waals surface area contributed by atoms with Crippen LogP contribution in [0.15, 0.2) is 24.4 Å². The Hall–Kier alpha value is -1.46. The van der Waals surface area contributed by atoms with Crippen LogP contribution in [0.5, 0.6) is 0 Å². The highest BCUT2D eigenvalue weighted by Crippen LogP contribution is 2.28. The topological polar surface area (TPSA) is 48.5 Å². The van der Waals surface area contributed by atoms with Crippen LogP contribution >= 0.6 is 0 Å². The average Bonchev–Trinajstić information content (AvgIpc) is 2.83. The first-order chi connectivity index (χ1) is 14.8. The maximum Gasteiger partial charge on any atom is 0.224 e. The number of hydrogen-bond acceptors (Lipinski definition) is 4. The molecule has 0 spiro atoms. The van der Waals surface area contributed by atoms with Gasteiger partial charge in [0.25, 0.3) is 0 Å². The third-order valence-corrected chi connectivity index (χ3v) is 7.65. The van der Waals surface area contributed by atoms with Crippen LogP contribution in [-0.2, 0) is 11.3 Å². The van der Waals surface area contributed by atoms with Crippen molar-refractivity contribution >= 4 is 5.91 Å². The van der Waals surface area contributed by atoms with Crippen molar-refractivity contribution in [2.45, 2.75) is 76.8 Å². The molecule has 0 radical (unpaired) electrons. The molecule has 1 aliphatic carbocycles. The Kier molecular flexibility index (Phi) is 8.15. The largest absolute Gasteiger partial charge is 0.350 e. The second kappa shape index (κ2) is 11.2. The number of nitrogens with zero attached hydrogens (tertiary/aromatic N) is 3. The Labute approximate surface area is 182 Å². The Morgan fingerprint density at radius 3 is 2.60 bits per heavy atom. The van der Waals surface area contributed by atoms with Gasteiger partial charge in [-0.15, -0.1) is 0 Å². The lowest BCUT2D eigenvalue weighted by atomic mass is 9.86. The fourth-order valence-corrected chi connectivity index (χ4v) is 5.73. The highest BCUT2D eigenvalue weighted by atomic mass is 16.1. The number of likely N-dealkylation sites (tertiary alicyclic amines) is 2. The van der Waals surface area contributed by atoms with Crippen molar-refractivity contribution in [3.05, 3.63) is 30.1 Å². The smallest absolute Gasteiger partial charge is 0.224 e. The van der Waals surface area contributed by atoms with Crippen molar-refractivity contribution < 1.29 is 4.79 Å². The van der Waals surface area contributed by atoms with Crippen LogP contribution in [0.3, 0.4) is 0 Å². The molecule has 1 aromatic rings. The first-order valence-corrected chi connectivity index (χ1v) is 12.4. The van der Waals surface area contributed by atoms with Gasteiger partial charge in [0.2, 0.25) is 5.91 Å². The molecular formula is C25H40N4O. The van der Waals surface area contributed by atoms with Crippen LogP contribution in [0.1, 0.15) is 69.9 Å². The van der Waals surface area contributed by atoms with Gasteiger partial charge >= 0.3 is 0 Å². The predicted molar refractivity (Wildman–Crippen MR) is 121 cm³/mol. The number of amides is 1. The molecule has 5 nitrogen and oxygen atoms in total. The van der Waals surface area contributed by atoms with Crippen molar-refractivity contribution in [1.29, 1.82) is 0 Å². The summed E-state index contributed by atoms with van der Waals surface area (Å²) in [5.74, 6) is 1.32. The maximum absolute atomic E-state index is 12.7. The maximum atomic E-state index is 12.7. The lowest BCUT2D eigenvalue weighted by Crippen LogP contribution is -2.50. The number of carbonyl (C=O) groups is 1. The summed E-state index contributed by atoms with van der Waals surface area (Å²) in [4.78, 5) is 22.3.